The van der Waals surface area contributed by atoms with Gasteiger partial charge in [0.05, 0.1) is 18.4 Å². The summed E-state index contributed by atoms with van der Waals surface area (Å²) in [4.78, 5) is 17.2. The van der Waals surface area contributed by atoms with Gasteiger partial charge in [0, 0.05) is 63.1 Å². The molecule has 0 amide bonds. The molecule has 0 saturated carbocycles. The number of aryl methyl sites for hydroxylation is 3. The lowest BCUT2D eigenvalue weighted by molar-refractivity contribution is 0.122. The molecule has 1 fully saturated rings. The zero-order chi connectivity index (χ0) is 18.2. The predicted molar refractivity (Wildman–Crippen MR) is 103 cm³/mol. The van der Waals surface area contributed by atoms with Gasteiger partial charge in [0.1, 0.15) is 0 Å². The molecule has 0 radical (unpaired) electrons. The number of hydrogen-bond donors (Lipinski definition) is 0. The van der Waals surface area contributed by atoms with Crippen molar-refractivity contribution < 1.29 is 0 Å². The van der Waals surface area contributed by atoms with Crippen molar-refractivity contribution in [1.82, 2.24) is 29.4 Å². The molecule has 0 spiro atoms. The third kappa shape index (κ3) is 3.46. The Bertz CT molecular complexity index is 877. The molecule has 0 atom stereocenters. The highest BCUT2D eigenvalue weighted by atomic mass is 16.1. The molecule has 2 aromatic heterocycles. The second-order valence-corrected chi connectivity index (χ2v) is 8.09. The fourth-order valence-corrected chi connectivity index (χ4v) is 4.71. The lowest BCUT2D eigenvalue weighted by Gasteiger charge is -2.34. The Morgan fingerprint density at radius 2 is 1.78 bits per heavy atom. The van der Waals surface area contributed by atoms with E-state index in [1.54, 1.807) is 10.7 Å². The van der Waals surface area contributed by atoms with Gasteiger partial charge in [-0.15, -0.1) is 0 Å². The van der Waals surface area contributed by atoms with Gasteiger partial charge in [0.15, 0.2) is 0 Å². The summed E-state index contributed by atoms with van der Waals surface area (Å²) >= 11 is 0. The molecule has 0 bridgehead atoms. The van der Waals surface area contributed by atoms with E-state index in [9.17, 15) is 4.79 Å². The highest BCUT2D eigenvalue weighted by Crippen LogP contribution is 2.20. The number of nitrogens with zero attached hydrogens (tertiary/aromatic N) is 6. The molecule has 7 heteroatoms. The first-order chi connectivity index (χ1) is 13.3. The number of fused-ring (bicyclic) bond motifs is 2. The molecule has 144 valence electrons. The average molecular weight is 368 g/mol. The van der Waals surface area contributed by atoms with E-state index in [0.29, 0.717) is 6.54 Å². The van der Waals surface area contributed by atoms with E-state index in [1.165, 1.54) is 24.1 Å². The molecule has 0 unspecified atom stereocenters. The highest BCUT2D eigenvalue weighted by Gasteiger charge is 2.22. The van der Waals surface area contributed by atoms with Crippen LogP contribution in [0.5, 0.6) is 0 Å². The van der Waals surface area contributed by atoms with Crippen LogP contribution in [0, 0.1) is 0 Å². The molecule has 0 N–H and O–H groups in total. The number of piperazine rings is 1. The Morgan fingerprint density at radius 1 is 0.926 bits per heavy atom. The zero-order valence-corrected chi connectivity index (χ0v) is 15.9. The van der Waals surface area contributed by atoms with Crippen molar-refractivity contribution in [3.63, 3.8) is 0 Å². The number of rotatable bonds is 5. The fraction of sp³-hybridized carbons (Fsp3) is 0.650. The van der Waals surface area contributed by atoms with E-state index in [-0.39, 0.29) is 5.56 Å². The quantitative estimate of drug-likeness (QED) is 0.777. The van der Waals surface area contributed by atoms with Crippen molar-refractivity contribution in [3.8, 4) is 0 Å². The van der Waals surface area contributed by atoms with Gasteiger partial charge in [-0.25, -0.2) is 4.68 Å². The molecule has 27 heavy (non-hydrogen) atoms. The number of hydrogen-bond acceptors (Lipinski definition) is 5. The molecule has 1 aliphatic carbocycles. The first-order valence-corrected chi connectivity index (χ1v) is 10.3. The van der Waals surface area contributed by atoms with Crippen molar-refractivity contribution in [1.29, 1.82) is 0 Å². The van der Waals surface area contributed by atoms with Crippen molar-refractivity contribution in [2.24, 2.45) is 0 Å². The van der Waals surface area contributed by atoms with Crippen LogP contribution in [0.1, 0.15) is 35.4 Å². The third-order valence-corrected chi connectivity index (χ3v) is 6.33. The van der Waals surface area contributed by atoms with Crippen LogP contribution in [0.15, 0.2) is 17.1 Å². The van der Waals surface area contributed by atoms with Gasteiger partial charge in [-0.3, -0.25) is 19.3 Å². The van der Waals surface area contributed by atoms with Crippen molar-refractivity contribution in [3.05, 3.63) is 45.1 Å². The van der Waals surface area contributed by atoms with E-state index in [2.05, 4.69) is 30.9 Å². The van der Waals surface area contributed by atoms with E-state index in [0.717, 1.165) is 76.3 Å². The Labute approximate surface area is 159 Å². The molecule has 1 saturated heterocycles. The molecular weight excluding hydrogens is 340 g/mol. The fourth-order valence-electron chi connectivity index (χ4n) is 4.71. The van der Waals surface area contributed by atoms with Gasteiger partial charge in [-0.1, -0.05) is 0 Å². The second-order valence-electron chi connectivity index (χ2n) is 8.09. The largest absolute Gasteiger partial charge is 0.299 e. The van der Waals surface area contributed by atoms with Gasteiger partial charge in [-0.2, -0.15) is 10.2 Å². The SMILES string of the molecule is O=c1cc2c(nn1CCN1CCN(Cc3cnn4c3CCC4)CC1)CCC2. The minimum absolute atomic E-state index is 0.0596. The molecule has 0 aromatic carbocycles. The van der Waals surface area contributed by atoms with Gasteiger partial charge < -0.3 is 0 Å². The average Bonchev–Trinajstić information content (AvgIpc) is 3.39. The van der Waals surface area contributed by atoms with E-state index in [4.69, 9.17) is 0 Å². The number of aromatic nitrogens is 4. The first-order valence-electron chi connectivity index (χ1n) is 10.3. The summed E-state index contributed by atoms with van der Waals surface area (Å²) in [6, 6.07) is 1.80. The maximum Gasteiger partial charge on any atom is 0.267 e. The zero-order valence-electron chi connectivity index (χ0n) is 15.9. The Morgan fingerprint density at radius 3 is 2.67 bits per heavy atom. The molecule has 4 heterocycles. The van der Waals surface area contributed by atoms with Crippen LogP contribution < -0.4 is 5.56 Å². The predicted octanol–water partition coefficient (Wildman–Crippen LogP) is 0.693. The summed E-state index contributed by atoms with van der Waals surface area (Å²) in [6.45, 7) is 7.99. The normalized spacial score (nSPS) is 20.1. The minimum Gasteiger partial charge on any atom is -0.299 e. The Balaban J connectivity index is 1.13. The van der Waals surface area contributed by atoms with Crippen LogP contribution in [0.3, 0.4) is 0 Å². The molecule has 7 nitrogen and oxygen atoms in total. The topological polar surface area (TPSA) is 59.2 Å². The van der Waals surface area contributed by atoms with Crippen LogP contribution in [0.2, 0.25) is 0 Å². The van der Waals surface area contributed by atoms with Crippen molar-refractivity contribution in [2.75, 3.05) is 32.7 Å². The monoisotopic (exact) mass is 368 g/mol. The van der Waals surface area contributed by atoms with E-state index in [1.807, 2.05) is 0 Å². The Kier molecular flexibility index (Phi) is 4.57. The third-order valence-electron chi connectivity index (χ3n) is 6.33. The Hall–Kier alpha value is -1.99. The van der Waals surface area contributed by atoms with Gasteiger partial charge >= 0.3 is 0 Å². The summed E-state index contributed by atoms with van der Waals surface area (Å²) < 4.78 is 3.85. The van der Waals surface area contributed by atoms with E-state index < -0.39 is 0 Å². The molecular formula is C20H28N6O. The molecule has 5 rings (SSSR count). The summed E-state index contributed by atoms with van der Waals surface area (Å²) in [5.41, 5.74) is 5.21. The van der Waals surface area contributed by atoms with Gasteiger partial charge in [0.2, 0.25) is 0 Å². The summed E-state index contributed by atoms with van der Waals surface area (Å²) in [7, 11) is 0. The highest BCUT2D eigenvalue weighted by molar-refractivity contribution is 5.22. The molecule has 2 aromatic rings. The summed E-state index contributed by atoms with van der Waals surface area (Å²) in [5.74, 6) is 0. The molecule has 3 aliphatic rings. The summed E-state index contributed by atoms with van der Waals surface area (Å²) in [6.07, 6.45) is 7.65. The maximum atomic E-state index is 12.2. The van der Waals surface area contributed by atoms with Crippen LogP contribution in [-0.2, 0) is 38.9 Å². The summed E-state index contributed by atoms with van der Waals surface area (Å²) in [5, 5.41) is 9.11. The smallest absolute Gasteiger partial charge is 0.267 e. The lowest BCUT2D eigenvalue weighted by atomic mass is 10.1. The van der Waals surface area contributed by atoms with Crippen molar-refractivity contribution in [2.45, 2.75) is 51.7 Å². The van der Waals surface area contributed by atoms with Crippen LogP contribution in [-0.4, -0.2) is 62.1 Å². The lowest BCUT2D eigenvalue weighted by Crippen LogP contribution is -2.47. The second kappa shape index (κ2) is 7.20. The van der Waals surface area contributed by atoms with Crippen LogP contribution >= 0.6 is 0 Å². The maximum absolute atomic E-state index is 12.2. The van der Waals surface area contributed by atoms with Crippen LogP contribution in [0.25, 0.3) is 0 Å². The van der Waals surface area contributed by atoms with E-state index >= 15 is 0 Å². The first kappa shape index (κ1) is 17.1. The molecule has 2 aliphatic heterocycles. The minimum atomic E-state index is 0.0596. The van der Waals surface area contributed by atoms with Crippen LogP contribution in [0.4, 0.5) is 0 Å². The van der Waals surface area contributed by atoms with Gasteiger partial charge in [-0.05, 0) is 37.7 Å². The standard InChI is InChI=1S/C20H28N6O/c27-20-13-16-3-1-4-18(16)22-26(20)12-11-23-7-9-24(10-8-23)15-17-14-21-25-6-2-5-19(17)25/h13-14H,1-12,15H2. The van der Waals surface area contributed by atoms with Crippen molar-refractivity contribution >= 4 is 0 Å². The van der Waals surface area contributed by atoms with Gasteiger partial charge in [0.25, 0.3) is 5.56 Å².